The molecular formula is C8H15N. The largest absolute Gasteiger partial charge is 0.327 e. The van der Waals surface area contributed by atoms with Crippen LogP contribution in [0.25, 0.3) is 0 Å². The Morgan fingerprint density at radius 2 is 2.33 bits per heavy atom. The molecule has 0 spiro atoms. The average molecular weight is 125 g/mol. The third kappa shape index (κ3) is 1.16. The number of allylic oxidation sites excluding steroid dienone is 1. The molecule has 0 aromatic rings. The average Bonchev–Trinajstić information content (AvgIpc) is 2.49. The first-order valence-corrected chi connectivity index (χ1v) is 3.58. The quantitative estimate of drug-likeness (QED) is 0.571. The van der Waals surface area contributed by atoms with E-state index in [2.05, 4.69) is 13.5 Å². The molecule has 0 aliphatic heterocycles. The molecule has 0 aromatic carbocycles. The van der Waals surface area contributed by atoms with Crippen LogP contribution in [-0.2, 0) is 0 Å². The van der Waals surface area contributed by atoms with E-state index < -0.39 is 0 Å². The molecule has 9 heavy (non-hydrogen) atoms. The molecule has 1 heteroatoms. The van der Waals surface area contributed by atoms with E-state index in [-0.39, 0.29) is 0 Å². The zero-order valence-corrected chi connectivity index (χ0v) is 6.06. The SMILES string of the molecule is C=CCC1([C@H](C)N)CC1. The molecule has 1 rings (SSSR count). The van der Waals surface area contributed by atoms with Gasteiger partial charge in [-0.05, 0) is 31.6 Å². The van der Waals surface area contributed by atoms with Gasteiger partial charge < -0.3 is 5.73 Å². The normalized spacial score (nSPS) is 25.1. The lowest BCUT2D eigenvalue weighted by Gasteiger charge is -2.16. The number of hydrogen-bond acceptors (Lipinski definition) is 1. The van der Waals surface area contributed by atoms with Gasteiger partial charge in [0, 0.05) is 6.04 Å². The van der Waals surface area contributed by atoms with Crippen molar-refractivity contribution in [3.05, 3.63) is 12.7 Å². The summed E-state index contributed by atoms with van der Waals surface area (Å²) in [5.41, 5.74) is 6.23. The second-order valence-corrected chi connectivity index (χ2v) is 3.14. The van der Waals surface area contributed by atoms with Crippen molar-refractivity contribution in [1.82, 2.24) is 0 Å². The second-order valence-electron chi connectivity index (χ2n) is 3.14. The van der Waals surface area contributed by atoms with Gasteiger partial charge in [0.1, 0.15) is 0 Å². The Labute approximate surface area is 56.9 Å². The van der Waals surface area contributed by atoms with Crippen molar-refractivity contribution in [2.24, 2.45) is 11.1 Å². The highest BCUT2D eigenvalue weighted by Crippen LogP contribution is 2.51. The van der Waals surface area contributed by atoms with Crippen molar-refractivity contribution in [2.45, 2.75) is 32.2 Å². The minimum atomic E-state index is 0.357. The lowest BCUT2D eigenvalue weighted by atomic mass is 9.95. The van der Waals surface area contributed by atoms with Crippen LogP contribution in [0.4, 0.5) is 0 Å². The van der Waals surface area contributed by atoms with Crippen molar-refractivity contribution >= 4 is 0 Å². The molecule has 0 saturated heterocycles. The van der Waals surface area contributed by atoms with Gasteiger partial charge in [0.25, 0.3) is 0 Å². The minimum Gasteiger partial charge on any atom is -0.327 e. The van der Waals surface area contributed by atoms with E-state index in [9.17, 15) is 0 Å². The third-order valence-electron chi connectivity index (χ3n) is 2.41. The molecule has 52 valence electrons. The minimum absolute atomic E-state index is 0.357. The first-order chi connectivity index (χ1) is 4.21. The van der Waals surface area contributed by atoms with Crippen LogP contribution >= 0.6 is 0 Å². The van der Waals surface area contributed by atoms with Crippen LogP contribution in [0.1, 0.15) is 26.2 Å². The first-order valence-electron chi connectivity index (χ1n) is 3.58. The summed E-state index contributed by atoms with van der Waals surface area (Å²) in [5, 5.41) is 0. The van der Waals surface area contributed by atoms with Crippen molar-refractivity contribution in [3.63, 3.8) is 0 Å². The van der Waals surface area contributed by atoms with Crippen molar-refractivity contribution in [1.29, 1.82) is 0 Å². The van der Waals surface area contributed by atoms with Crippen molar-refractivity contribution < 1.29 is 0 Å². The molecule has 0 amide bonds. The molecule has 0 unspecified atom stereocenters. The lowest BCUT2D eigenvalue weighted by molar-refractivity contribution is 0.427. The van der Waals surface area contributed by atoms with Crippen molar-refractivity contribution in [3.8, 4) is 0 Å². The maximum atomic E-state index is 5.77. The van der Waals surface area contributed by atoms with Crippen LogP contribution in [0.2, 0.25) is 0 Å². The van der Waals surface area contributed by atoms with Gasteiger partial charge >= 0.3 is 0 Å². The van der Waals surface area contributed by atoms with Crippen LogP contribution in [0.5, 0.6) is 0 Å². The molecule has 1 aliphatic carbocycles. The fourth-order valence-electron chi connectivity index (χ4n) is 1.29. The van der Waals surface area contributed by atoms with Gasteiger partial charge in [-0.15, -0.1) is 6.58 Å². The molecule has 0 aromatic heterocycles. The molecule has 1 nitrogen and oxygen atoms in total. The Morgan fingerprint density at radius 3 is 2.44 bits per heavy atom. The maximum Gasteiger partial charge on any atom is 0.00700 e. The monoisotopic (exact) mass is 125 g/mol. The summed E-state index contributed by atoms with van der Waals surface area (Å²) in [6.45, 7) is 5.81. The second kappa shape index (κ2) is 2.14. The first kappa shape index (κ1) is 6.81. The van der Waals surface area contributed by atoms with E-state index in [4.69, 9.17) is 5.73 Å². The van der Waals surface area contributed by atoms with E-state index >= 15 is 0 Å². The van der Waals surface area contributed by atoms with Crippen LogP contribution < -0.4 is 5.73 Å². The standard InChI is InChI=1S/C8H15N/c1-3-4-8(5-6-8)7(2)9/h3,7H,1,4-6,9H2,2H3/t7-/m0/s1. The van der Waals surface area contributed by atoms with E-state index in [0.717, 1.165) is 6.42 Å². The number of rotatable bonds is 3. The fraction of sp³-hybridized carbons (Fsp3) is 0.750. The van der Waals surface area contributed by atoms with Gasteiger partial charge in [0.2, 0.25) is 0 Å². The summed E-state index contributed by atoms with van der Waals surface area (Å²) in [4.78, 5) is 0. The predicted octanol–water partition coefficient (Wildman–Crippen LogP) is 1.69. The molecule has 1 atom stereocenters. The van der Waals surface area contributed by atoms with E-state index in [1.165, 1.54) is 12.8 Å². The van der Waals surface area contributed by atoms with Crippen LogP contribution in [0, 0.1) is 5.41 Å². The van der Waals surface area contributed by atoms with Crippen LogP contribution in [0.15, 0.2) is 12.7 Å². The van der Waals surface area contributed by atoms with Gasteiger partial charge in [-0.3, -0.25) is 0 Å². The van der Waals surface area contributed by atoms with Crippen molar-refractivity contribution in [2.75, 3.05) is 0 Å². The van der Waals surface area contributed by atoms with Gasteiger partial charge in [-0.2, -0.15) is 0 Å². The topological polar surface area (TPSA) is 26.0 Å². The highest BCUT2D eigenvalue weighted by atomic mass is 14.7. The molecule has 1 fully saturated rings. The Kier molecular flexibility index (Phi) is 1.62. The zero-order valence-electron chi connectivity index (χ0n) is 6.06. The Hall–Kier alpha value is -0.300. The lowest BCUT2D eigenvalue weighted by Crippen LogP contribution is -2.27. The summed E-state index contributed by atoms with van der Waals surface area (Å²) >= 11 is 0. The maximum absolute atomic E-state index is 5.77. The predicted molar refractivity (Wildman–Crippen MR) is 40.1 cm³/mol. The van der Waals surface area contributed by atoms with Crippen LogP contribution in [-0.4, -0.2) is 6.04 Å². The van der Waals surface area contributed by atoms with E-state index in [1.807, 2.05) is 6.08 Å². The highest BCUT2D eigenvalue weighted by molar-refractivity contribution is 5.02. The third-order valence-corrected chi connectivity index (χ3v) is 2.41. The number of nitrogens with two attached hydrogens (primary N) is 1. The van der Waals surface area contributed by atoms with E-state index in [0.29, 0.717) is 11.5 Å². The van der Waals surface area contributed by atoms with E-state index in [1.54, 1.807) is 0 Å². The smallest absolute Gasteiger partial charge is 0.00700 e. The van der Waals surface area contributed by atoms with Gasteiger partial charge in [0.15, 0.2) is 0 Å². The van der Waals surface area contributed by atoms with Gasteiger partial charge in [-0.25, -0.2) is 0 Å². The molecule has 0 heterocycles. The fourth-order valence-corrected chi connectivity index (χ4v) is 1.29. The molecule has 1 saturated carbocycles. The summed E-state index contributed by atoms with van der Waals surface area (Å²) < 4.78 is 0. The molecule has 0 radical (unpaired) electrons. The van der Waals surface area contributed by atoms with Crippen LogP contribution in [0.3, 0.4) is 0 Å². The molecule has 0 bridgehead atoms. The molecule has 2 N–H and O–H groups in total. The summed E-state index contributed by atoms with van der Waals surface area (Å²) in [6, 6.07) is 0.357. The molecule has 1 aliphatic rings. The van der Waals surface area contributed by atoms with Gasteiger partial charge in [0.05, 0.1) is 0 Å². The summed E-state index contributed by atoms with van der Waals surface area (Å²) in [6.07, 6.45) is 5.69. The van der Waals surface area contributed by atoms with Gasteiger partial charge in [-0.1, -0.05) is 6.08 Å². The Bertz CT molecular complexity index is 112. The summed E-state index contributed by atoms with van der Waals surface area (Å²) in [7, 11) is 0. The molecular weight excluding hydrogens is 110 g/mol. The Balaban J connectivity index is 2.42. The zero-order chi connectivity index (χ0) is 6.91. The highest BCUT2D eigenvalue weighted by Gasteiger charge is 2.44. The number of hydrogen-bond donors (Lipinski definition) is 1. The Morgan fingerprint density at radius 1 is 1.78 bits per heavy atom. The summed E-state index contributed by atoms with van der Waals surface area (Å²) in [5.74, 6) is 0.